The maximum atomic E-state index is 13.8. The van der Waals surface area contributed by atoms with Crippen LogP contribution in [0.25, 0.3) is 21.7 Å². The van der Waals surface area contributed by atoms with Crippen molar-refractivity contribution < 1.29 is 29.0 Å². The maximum absolute atomic E-state index is 13.8. The Morgan fingerprint density at radius 1 is 1.23 bits per heavy atom. The molecule has 4 rings (SSSR count). The van der Waals surface area contributed by atoms with E-state index in [9.17, 15) is 19.5 Å². The van der Waals surface area contributed by atoms with E-state index in [0.717, 1.165) is 24.0 Å². The number of aryl methyl sites for hydroxylation is 1. The fraction of sp³-hybridized carbons (Fsp3) is 0.517. The summed E-state index contributed by atoms with van der Waals surface area (Å²) in [4.78, 5) is 49.2. The number of likely N-dealkylation sites (tertiary alicyclic amines) is 1. The molecule has 2 N–H and O–H groups in total. The van der Waals surface area contributed by atoms with Gasteiger partial charge in [0.05, 0.1) is 12.1 Å². The second-order valence-electron chi connectivity index (χ2n) is 11.3. The third-order valence-corrected chi connectivity index (χ3v) is 7.71. The van der Waals surface area contributed by atoms with Crippen LogP contribution in [-0.2, 0) is 21.4 Å². The first-order chi connectivity index (χ1) is 20.0. The Labute approximate surface area is 297 Å². The summed E-state index contributed by atoms with van der Waals surface area (Å²) in [6.45, 7) is 8.96. The van der Waals surface area contributed by atoms with Crippen molar-refractivity contribution in [3.8, 4) is 17.4 Å². The molecule has 0 bridgehead atoms. The Kier molecular flexibility index (Phi) is 12.7. The van der Waals surface area contributed by atoms with Crippen molar-refractivity contribution >= 4 is 90.9 Å². The van der Waals surface area contributed by atoms with Gasteiger partial charge in [-0.3, -0.25) is 9.48 Å². The van der Waals surface area contributed by atoms with E-state index >= 15 is 0 Å². The van der Waals surface area contributed by atoms with Gasteiger partial charge in [0.1, 0.15) is 34.2 Å². The minimum absolute atomic E-state index is 0. The van der Waals surface area contributed by atoms with Gasteiger partial charge in [-0.25, -0.2) is 14.6 Å². The number of hydrogen-bond acceptors (Lipinski definition) is 9. The summed E-state index contributed by atoms with van der Waals surface area (Å²) in [6.07, 6.45) is 5.80. The number of amides is 2. The zero-order valence-electron chi connectivity index (χ0n) is 25.4. The van der Waals surface area contributed by atoms with E-state index in [1.54, 1.807) is 44.8 Å². The molecular weight excluding hydrogens is 600 g/mol. The fourth-order valence-electron chi connectivity index (χ4n) is 4.86. The number of aliphatic carboxylic acids is 1. The van der Waals surface area contributed by atoms with Gasteiger partial charge in [-0.1, -0.05) is 18.9 Å². The number of carboxylic acids is 1. The molecule has 43 heavy (non-hydrogen) atoms. The molecule has 0 aromatic carbocycles. The van der Waals surface area contributed by atoms with Gasteiger partial charge in [-0.05, 0) is 57.5 Å². The number of alkyl carbamates (subject to hydrolysis) is 1. The first-order valence-electron chi connectivity index (χ1n) is 14.0. The van der Waals surface area contributed by atoms with Crippen molar-refractivity contribution in [1.29, 1.82) is 0 Å². The van der Waals surface area contributed by atoms with Crippen LogP contribution in [0.5, 0.6) is 5.88 Å². The molecule has 1 saturated heterocycles. The van der Waals surface area contributed by atoms with Gasteiger partial charge in [0.25, 0.3) is 0 Å². The number of carboxylic acid groups (broad SMARTS) is 1. The molecule has 14 heteroatoms. The molecular formula is C29H38KN6O6S. The van der Waals surface area contributed by atoms with Crippen LogP contribution in [0.3, 0.4) is 0 Å². The van der Waals surface area contributed by atoms with E-state index in [1.165, 1.54) is 16.2 Å². The van der Waals surface area contributed by atoms with Gasteiger partial charge >= 0.3 is 12.1 Å². The van der Waals surface area contributed by atoms with Crippen molar-refractivity contribution in [2.75, 3.05) is 6.54 Å². The van der Waals surface area contributed by atoms with E-state index in [-0.39, 0.29) is 64.4 Å². The van der Waals surface area contributed by atoms with Crippen molar-refractivity contribution in [2.45, 2.75) is 83.1 Å². The summed E-state index contributed by atoms with van der Waals surface area (Å²) in [5.41, 5.74) is 0.639. The molecule has 3 aromatic rings. The van der Waals surface area contributed by atoms with Gasteiger partial charge in [0.2, 0.25) is 11.8 Å². The van der Waals surface area contributed by atoms with Gasteiger partial charge < -0.3 is 24.8 Å². The number of hydrogen-bond donors (Lipinski definition) is 2. The van der Waals surface area contributed by atoms with Crippen LogP contribution in [0, 0.1) is 0 Å². The quantitative estimate of drug-likeness (QED) is 0.170. The summed E-state index contributed by atoms with van der Waals surface area (Å²) in [5, 5.41) is 18.8. The zero-order chi connectivity index (χ0) is 30.4. The zero-order valence-corrected chi connectivity index (χ0v) is 29.3. The van der Waals surface area contributed by atoms with Crippen LogP contribution in [0.15, 0.2) is 36.4 Å². The number of thiophene rings is 1. The third-order valence-electron chi connectivity index (χ3n) is 6.82. The van der Waals surface area contributed by atoms with E-state index < -0.39 is 41.8 Å². The second kappa shape index (κ2) is 15.6. The third kappa shape index (κ3) is 9.31. The minimum Gasteiger partial charge on any atom is -0.480 e. The minimum atomic E-state index is -1.14. The second-order valence-corrected chi connectivity index (χ2v) is 12.2. The van der Waals surface area contributed by atoms with Crippen LogP contribution in [0.2, 0.25) is 0 Å². The Balaban J connectivity index is 0.00000506. The SMILES string of the molecule is C=CCCCCCC(NC(=O)OC(C)(C)C)C(=O)N1CC(Oc2nc(-c3ccnn3C)nc3ccsc23)CC1C(=O)O.[K]. The van der Waals surface area contributed by atoms with Crippen molar-refractivity contribution in [1.82, 2.24) is 30.0 Å². The first-order valence-corrected chi connectivity index (χ1v) is 14.9. The van der Waals surface area contributed by atoms with Crippen LogP contribution in [0.4, 0.5) is 4.79 Å². The number of nitrogens with one attached hydrogen (secondary N) is 1. The van der Waals surface area contributed by atoms with E-state index in [2.05, 4.69) is 27.0 Å². The van der Waals surface area contributed by atoms with Crippen LogP contribution < -0.4 is 10.1 Å². The molecule has 1 aliphatic rings. The van der Waals surface area contributed by atoms with Crippen molar-refractivity contribution in [3.05, 3.63) is 36.4 Å². The molecule has 0 spiro atoms. The predicted octanol–water partition coefficient (Wildman–Crippen LogP) is 4.17. The summed E-state index contributed by atoms with van der Waals surface area (Å²) >= 11 is 1.42. The van der Waals surface area contributed by atoms with E-state index in [1.807, 2.05) is 17.5 Å². The molecule has 12 nitrogen and oxygen atoms in total. The molecule has 3 unspecified atom stereocenters. The van der Waals surface area contributed by atoms with Crippen LogP contribution in [0.1, 0.15) is 59.3 Å². The van der Waals surface area contributed by atoms with Crippen LogP contribution >= 0.6 is 11.3 Å². The molecule has 2 amide bonds. The number of ether oxygens (including phenoxy) is 2. The van der Waals surface area contributed by atoms with Gasteiger partial charge in [0, 0.05) is 71.0 Å². The first kappa shape index (κ1) is 35.1. The topological polar surface area (TPSA) is 149 Å². The summed E-state index contributed by atoms with van der Waals surface area (Å²) in [5.74, 6) is -0.881. The summed E-state index contributed by atoms with van der Waals surface area (Å²) < 4.78 is 14.1. The largest absolute Gasteiger partial charge is 0.480 e. The Hall–Kier alpha value is -2.36. The molecule has 0 saturated carbocycles. The average molecular weight is 638 g/mol. The number of carbonyl (C=O) groups is 3. The number of allylic oxidation sites excluding steroid dienone is 1. The molecule has 3 atom stereocenters. The monoisotopic (exact) mass is 637 g/mol. The maximum Gasteiger partial charge on any atom is 0.408 e. The Morgan fingerprint density at radius 3 is 2.65 bits per heavy atom. The normalized spacial score (nSPS) is 17.3. The van der Waals surface area contributed by atoms with E-state index in [4.69, 9.17) is 9.47 Å². The molecule has 1 radical (unpaired) electrons. The smallest absolute Gasteiger partial charge is 0.408 e. The number of unbranched alkanes of at least 4 members (excludes halogenated alkanes) is 3. The molecule has 227 valence electrons. The van der Waals surface area contributed by atoms with Crippen LogP contribution in [-0.4, -0.2) is 129 Å². The number of rotatable bonds is 12. The Bertz CT molecular complexity index is 1440. The molecule has 1 aliphatic heterocycles. The van der Waals surface area contributed by atoms with Gasteiger partial charge in [-0.2, -0.15) is 10.1 Å². The summed E-state index contributed by atoms with van der Waals surface area (Å²) in [6, 6.07) is 1.59. The number of nitrogens with zero attached hydrogens (tertiary/aromatic N) is 5. The molecule has 3 aromatic heterocycles. The van der Waals surface area contributed by atoms with Gasteiger partial charge in [-0.15, -0.1) is 17.9 Å². The number of carbonyl (C=O) groups excluding carboxylic acids is 2. The molecule has 1 fully saturated rings. The van der Waals surface area contributed by atoms with Crippen molar-refractivity contribution in [2.24, 2.45) is 7.05 Å². The fourth-order valence-corrected chi connectivity index (χ4v) is 5.63. The molecule has 4 heterocycles. The predicted molar refractivity (Wildman–Crippen MR) is 164 cm³/mol. The van der Waals surface area contributed by atoms with Gasteiger partial charge in [0.15, 0.2) is 5.82 Å². The Morgan fingerprint density at radius 2 is 2.00 bits per heavy atom. The standard InChI is InChI=1S/C29H38N6O6S.K/c1-6-7-8-9-10-11-20(32-28(39)41-29(2,3)4)26(36)35-17-18(16-22(35)27(37)38)40-25-23-19(13-15-42-23)31-24(33-25)21-12-14-30-34(21)5;/h6,12-15,18,20,22H,1,7-11,16-17H2,2-5H3,(H,32,39)(H,37,38);. The number of fused-ring (bicyclic) bond motifs is 1. The average Bonchev–Trinajstić information content (AvgIpc) is 3.66. The summed E-state index contributed by atoms with van der Waals surface area (Å²) in [7, 11) is 1.79. The number of aromatic nitrogens is 4. The molecule has 0 aliphatic carbocycles. The van der Waals surface area contributed by atoms with Crippen molar-refractivity contribution in [3.63, 3.8) is 0 Å². The van der Waals surface area contributed by atoms with E-state index in [0.29, 0.717) is 35.8 Å².